The average molecular weight is 595 g/mol. The SMILES string of the molecule is C[C@](F)(C(F)(F)F)C(F)(C(=O)OCC(F)(OC(F)F)C(F)(F)F)N1C(=O)C2(F)CCCC(F)(F)C2(F)C1=O. The van der Waals surface area contributed by atoms with Crippen LogP contribution in [0.3, 0.4) is 0 Å². The van der Waals surface area contributed by atoms with Crippen LogP contribution in [0.25, 0.3) is 0 Å². The minimum absolute atomic E-state index is 1.06. The maximum Gasteiger partial charge on any atom is 0.452 e. The Morgan fingerprint density at radius 3 is 1.79 bits per heavy atom. The second-order valence-corrected chi connectivity index (χ2v) is 8.27. The van der Waals surface area contributed by atoms with E-state index in [-0.39, 0.29) is 0 Å². The van der Waals surface area contributed by atoms with Crippen LogP contribution in [0.1, 0.15) is 26.2 Å². The van der Waals surface area contributed by atoms with Crippen molar-refractivity contribution in [2.75, 3.05) is 6.61 Å². The summed E-state index contributed by atoms with van der Waals surface area (Å²) in [6, 6.07) is 0. The van der Waals surface area contributed by atoms with Crippen molar-refractivity contribution < 1.29 is 89.7 Å². The predicted octanol–water partition coefficient (Wildman–Crippen LogP) is 4.56. The Morgan fingerprint density at radius 1 is 0.895 bits per heavy atom. The molecule has 1 aliphatic carbocycles. The van der Waals surface area contributed by atoms with Crippen molar-refractivity contribution in [3.05, 3.63) is 0 Å². The van der Waals surface area contributed by atoms with Gasteiger partial charge in [-0.05, 0) is 19.8 Å². The summed E-state index contributed by atoms with van der Waals surface area (Å²) in [5, 5.41) is 0. The number of amides is 2. The Labute approximate surface area is 200 Å². The van der Waals surface area contributed by atoms with Gasteiger partial charge in [-0.1, -0.05) is 0 Å². The molecule has 4 unspecified atom stereocenters. The molecule has 0 aromatic heterocycles. The summed E-state index contributed by atoms with van der Waals surface area (Å²) < 4.78 is 212. The van der Waals surface area contributed by atoms with Crippen LogP contribution in [0.2, 0.25) is 0 Å². The maximum absolute atomic E-state index is 15.8. The topological polar surface area (TPSA) is 72.9 Å². The van der Waals surface area contributed by atoms with E-state index in [1.54, 1.807) is 0 Å². The first kappa shape index (κ1) is 31.7. The number of hydrogen-bond donors (Lipinski definition) is 0. The lowest BCUT2D eigenvalue weighted by Crippen LogP contribution is -2.71. The summed E-state index contributed by atoms with van der Waals surface area (Å²) in [6.07, 6.45) is -18.2. The highest BCUT2D eigenvalue weighted by Crippen LogP contribution is 2.60. The Balaban J connectivity index is 2.72. The summed E-state index contributed by atoms with van der Waals surface area (Å²) in [4.78, 5) is 34.7. The fraction of sp³-hybridized carbons (Fsp3) is 0.824. The van der Waals surface area contributed by atoms with Gasteiger partial charge in [0.15, 0.2) is 6.61 Å². The summed E-state index contributed by atoms with van der Waals surface area (Å²) in [5.41, 5.74) is -16.6. The summed E-state index contributed by atoms with van der Waals surface area (Å²) in [6.45, 7) is -9.12. The van der Waals surface area contributed by atoms with Gasteiger partial charge in [0.1, 0.15) is 0 Å². The van der Waals surface area contributed by atoms with Gasteiger partial charge in [0.25, 0.3) is 29.1 Å². The molecule has 0 N–H and O–H groups in total. The number of carbonyl (C=O) groups is 3. The molecule has 0 aromatic carbocycles. The molecule has 5 atom stereocenters. The predicted molar refractivity (Wildman–Crippen MR) is 85.7 cm³/mol. The molecule has 0 spiro atoms. The summed E-state index contributed by atoms with van der Waals surface area (Å²) in [7, 11) is 0. The molecule has 0 aromatic rings. The lowest BCUT2D eigenvalue weighted by Gasteiger charge is -2.40. The smallest absolute Gasteiger partial charge is 0.452 e. The van der Waals surface area contributed by atoms with Crippen LogP contribution in [0.5, 0.6) is 0 Å². The van der Waals surface area contributed by atoms with Crippen molar-refractivity contribution in [1.82, 2.24) is 4.90 Å². The number of halogens is 15. The highest BCUT2D eigenvalue weighted by atomic mass is 19.4. The molecule has 2 fully saturated rings. The van der Waals surface area contributed by atoms with Gasteiger partial charge in [-0.3, -0.25) is 14.3 Å². The lowest BCUT2D eigenvalue weighted by molar-refractivity contribution is -0.384. The molecule has 0 radical (unpaired) electrons. The largest absolute Gasteiger partial charge is 0.455 e. The van der Waals surface area contributed by atoms with Gasteiger partial charge in [0.2, 0.25) is 5.67 Å². The second-order valence-electron chi connectivity index (χ2n) is 8.27. The molecule has 38 heavy (non-hydrogen) atoms. The van der Waals surface area contributed by atoms with E-state index in [4.69, 9.17) is 0 Å². The van der Waals surface area contributed by atoms with Crippen LogP contribution in [-0.4, -0.2) is 82.8 Å². The second kappa shape index (κ2) is 8.77. The standard InChI is InChI=1S/C17H12F15NO5/c1-10(20,16(27,28)29)15(26,8(36)37-5-13(24,17(30,31)32)38-9(18)19)33-6(34)11(21)3-2-4-12(22,23)14(11,25)7(33)35/h9H,2-5H2,1H3/t10-,11?,13?,14?,15?/m1/s1. The first-order chi connectivity index (χ1) is 16.7. The number of alkyl halides is 15. The molecule has 1 saturated heterocycles. The van der Waals surface area contributed by atoms with Gasteiger partial charge in [-0.2, -0.15) is 39.5 Å². The Kier molecular flexibility index (Phi) is 7.32. The minimum atomic E-state index is -6.85. The van der Waals surface area contributed by atoms with Gasteiger partial charge in [-0.25, -0.2) is 36.0 Å². The van der Waals surface area contributed by atoms with Crippen molar-refractivity contribution in [2.24, 2.45) is 0 Å². The van der Waals surface area contributed by atoms with E-state index in [2.05, 4.69) is 9.47 Å². The van der Waals surface area contributed by atoms with Gasteiger partial charge in [-0.15, -0.1) is 0 Å². The van der Waals surface area contributed by atoms with Gasteiger partial charge in [0, 0.05) is 6.42 Å². The number of fused-ring (bicyclic) bond motifs is 1. The fourth-order valence-electron chi connectivity index (χ4n) is 3.73. The molecule has 220 valence electrons. The third-order valence-corrected chi connectivity index (χ3v) is 5.92. The zero-order valence-corrected chi connectivity index (χ0v) is 18.1. The van der Waals surface area contributed by atoms with E-state index in [1.165, 1.54) is 0 Å². The highest BCUT2D eigenvalue weighted by molar-refractivity contribution is 6.16. The number of rotatable bonds is 7. The number of ether oxygens (including phenoxy) is 2. The van der Waals surface area contributed by atoms with Crippen LogP contribution < -0.4 is 0 Å². The molecule has 6 nitrogen and oxygen atoms in total. The summed E-state index contributed by atoms with van der Waals surface area (Å²) in [5.74, 6) is -28.3. The molecule has 21 heteroatoms. The van der Waals surface area contributed by atoms with E-state index in [1.807, 2.05) is 0 Å². The van der Waals surface area contributed by atoms with Crippen LogP contribution in [0.4, 0.5) is 65.9 Å². The minimum Gasteiger partial charge on any atom is -0.455 e. The maximum atomic E-state index is 15.8. The molecule has 1 saturated carbocycles. The van der Waals surface area contributed by atoms with Crippen LogP contribution in [0.15, 0.2) is 0 Å². The Morgan fingerprint density at radius 2 is 1.39 bits per heavy atom. The lowest BCUT2D eigenvalue weighted by atomic mass is 9.73. The third-order valence-electron chi connectivity index (χ3n) is 5.92. The summed E-state index contributed by atoms with van der Waals surface area (Å²) >= 11 is 0. The fourth-order valence-corrected chi connectivity index (χ4v) is 3.73. The Bertz CT molecular complexity index is 999. The van der Waals surface area contributed by atoms with Crippen molar-refractivity contribution >= 4 is 17.8 Å². The van der Waals surface area contributed by atoms with Gasteiger partial charge >= 0.3 is 36.6 Å². The number of nitrogens with zero attached hydrogens (tertiary/aromatic N) is 1. The number of likely N-dealkylation sites (tertiary alicyclic amines) is 1. The van der Waals surface area contributed by atoms with E-state index < -0.39 is 109 Å². The Hall–Kier alpha value is -2.48. The van der Waals surface area contributed by atoms with Crippen molar-refractivity contribution in [2.45, 2.75) is 79.7 Å². The molecule has 2 aliphatic rings. The van der Waals surface area contributed by atoms with Crippen molar-refractivity contribution in [1.29, 1.82) is 0 Å². The third kappa shape index (κ3) is 4.05. The highest BCUT2D eigenvalue weighted by Gasteiger charge is 2.89. The molecule has 1 aliphatic heterocycles. The van der Waals surface area contributed by atoms with Gasteiger partial charge < -0.3 is 4.74 Å². The molecular weight excluding hydrogens is 583 g/mol. The van der Waals surface area contributed by atoms with Crippen LogP contribution in [-0.2, 0) is 23.9 Å². The molecule has 2 rings (SSSR count). The van der Waals surface area contributed by atoms with Gasteiger partial charge in [0.05, 0.1) is 0 Å². The van der Waals surface area contributed by atoms with E-state index in [9.17, 15) is 67.1 Å². The molecular formula is C17H12F15NO5. The molecule has 1 heterocycles. The zero-order chi connectivity index (χ0) is 30.1. The van der Waals surface area contributed by atoms with Crippen LogP contribution in [0, 0.1) is 0 Å². The normalized spacial score (nSPS) is 30.9. The number of carbonyl (C=O) groups excluding carboxylic acids is 3. The quantitative estimate of drug-likeness (QED) is 0.187. The van der Waals surface area contributed by atoms with Crippen LogP contribution >= 0.6 is 0 Å². The number of esters is 1. The first-order valence-electron chi connectivity index (χ1n) is 9.67. The first-order valence-corrected chi connectivity index (χ1v) is 9.67. The molecule has 2 amide bonds. The van der Waals surface area contributed by atoms with Crippen molar-refractivity contribution in [3.63, 3.8) is 0 Å². The van der Waals surface area contributed by atoms with E-state index in [0.717, 1.165) is 0 Å². The van der Waals surface area contributed by atoms with E-state index in [0.29, 0.717) is 0 Å². The number of hydrogen-bond acceptors (Lipinski definition) is 5. The number of imide groups is 1. The van der Waals surface area contributed by atoms with E-state index >= 15 is 13.2 Å². The molecule has 0 bridgehead atoms. The van der Waals surface area contributed by atoms with Crippen molar-refractivity contribution in [3.8, 4) is 0 Å². The monoisotopic (exact) mass is 595 g/mol. The zero-order valence-electron chi connectivity index (χ0n) is 18.1. The average Bonchev–Trinajstić information content (AvgIpc) is 2.88.